The summed E-state index contributed by atoms with van der Waals surface area (Å²) < 4.78 is 26.3. The number of pyridine rings is 1. The van der Waals surface area contributed by atoms with Gasteiger partial charge in [0, 0.05) is 18.0 Å². The number of aryl methyl sites for hydroxylation is 2. The van der Waals surface area contributed by atoms with Gasteiger partial charge in [0.05, 0.1) is 55.0 Å². The fourth-order valence-electron chi connectivity index (χ4n) is 6.16. The minimum atomic E-state index is -1.09. The molecule has 48 heavy (non-hydrogen) atoms. The van der Waals surface area contributed by atoms with Crippen LogP contribution in [0.25, 0.3) is 11.0 Å². The third-order valence-corrected chi connectivity index (χ3v) is 8.91. The second kappa shape index (κ2) is 14.7. The molecule has 0 radical (unpaired) electrons. The number of carbonyl (C=O) groups is 2. The van der Waals surface area contributed by atoms with Crippen LogP contribution in [0, 0.1) is 19.7 Å². The number of fused-ring (bicyclic) bond motifs is 1. The van der Waals surface area contributed by atoms with Crippen molar-refractivity contribution in [2.45, 2.75) is 50.8 Å². The van der Waals surface area contributed by atoms with E-state index in [2.05, 4.69) is 51.9 Å². The predicted octanol–water partition coefficient (Wildman–Crippen LogP) is 5.87. The van der Waals surface area contributed by atoms with Crippen LogP contribution >= 0.6 is 0 Å². The van der Waals surface area contributed by atoms with Gasteiger partial charge in [0.25, 0.3) is 0 Å². The number of benzene rings is 3. The van der Waals surface area contributed by atoms with Gasteiger partial charge < -0.3 is 30.4 Å². The molecule has 0 spiro atoms. The van der Waals surface area contributed by atoms with Gasteiger partial charge in [-0.25, -0.2) is 14.2 Å². The maximum absolute atomic E-state index is 15.3. The Balaban J connectivity index is 1.16. The number of aromatic nitrogens is 3. The molecule has 11 heteroatoms. The van der Waals surface area contributed by atoms with E-state index >= 15 is 4.39 Å². The van der Waals surface area contributed by atoms with E-state index in [1.54, 1.807) is 0 Å². The fraction of sp³-hybridized carbons (Fsp3) is 0.297. The lowest BCUT2D eigenvalue weighted by Crippen LogP contribution is -2.48. The summed E-state index contributed by atoms with van der Waals surface area (Å²) >= 11 is 0. The van der Waals surface area contributed by atoms with Crippen molar-refractivity contribution in [3.8, 4) is 0 Å². The first-order valence-electron chi connectivity index (χ1n) is 16.0. The van der Waals surface area contributed by atoms with E-state index in [4.69, 9.17) is 14.5 Å². The van der Waals surface area contributed by atoms with Gasteiger partial charge in [-0.1, -0.05) is 60.7 Å². The number of nitrogens with zero attached hydrogens (tertiary/aromatic N) is 2. The average molecular weight is 651 g/mol. The van der Waals surface area contributed by atoms with Gasteiger partial charge >= 0.3 is 6.09 Å². The highest BCUT2D eigenvalue weighted by molar-refractivity contribution is 5.98. The highest BCUT2D eigenvalue weighted by atomic mass is 19.1. The van der Waals surface area contributed by atoms with E-state index in [1.165, 1.54) is 24.4 Å². The standard InChI is InChI=1S/C37H39FN6O4/c1-22-16-29-30(17-23(22)2)42-35(41-29)32-21-48-26(18-40-32)14-15-27-28(38)19-39-20-31(27)43-36(45)34(44-37(46)47-3)33(24-10-6-4-7-11-24)25-12-8-5-9-13-25/h4-13,16-17,19-20,26,32-34,40H,14-15,18,21H2,1-3H3,(H,41,42)(H,43,45)(H,44,46)/t26-,32+,34?/m1/s1. The number of imidazole rings is 1. The van der Waals surface area contributed by atoms with Gasteiger partial charge in [-0.05, 0) is 61.1 Å². The second-order valence-corrected chi connectivity index (χ2v) is 12.1. The molecule has 0 bridgehead atoms. The first-order chi connectivity index (χ1) is 23.3. The number of morpholine rings is 1. The molecule has 1 fully saturated rings. The number of H-pyrrole nitrogens is 1. The monoisotopic (exact) mass is 650 g/mol. The maximum atomic E-state index is 15.3. The number of amides is 2. The molecule has 1 unspecified atom stereocenters. The number of carbonyl (C=O) groups excluding carboxylic acids is 2. The lowest BCUT2D eigenvalue weighted by Gasteiger charge is -2.30. The molecular weight excluding hydrogens is 611 g/mol. The van der Waals surface area contributed by atoms with Gasteiger partial charge in [-0.2, -0.15) is 0 Å². The maximum Gasteiger partial charge on any atom is 0.407 e. The third-order valence-electron chi connectivity index (χ3n) is 8.91. The lowest BCUT2D eigenvalue weighted by molar-refractivity contribution is -0.118. The first kappa shape index (κ1) is 32.8. The first-order valence-corrected chi connectivity index (χ1v) is 16.0. The summed E-state index contributed by atoms with van der Waals surface area (Å²) in [5, 5.41) is 9.08. The highest BCUT2D eigenvalue weighted by Crippen LogP contribution is 2.30. The summed E-state index contributed by atoms with van der Waals surface area (Å²) in [6, 6.07) is 21.8. The number of aromatic amines is 1. The molecular formula is C37H39FN6O4. The number of rotatable bonds is 10. The van der Waals surface area contributed by atoms with Crippen LogP contribution in [0.1, 0.15) is 52.0 Å². The van der Waals surface area contributed by atoms with Crippen LogP contribution in [0.4, 0.5) is 14.9 Å². The van der Waals surface area contributed by atoms with Crippen LogP contribution in [-0.2, 0) is 20.7 Å². The zero-order valence-corrected chi connectivity index (χ0v) is 27.1. The van der Waals surface area contributed by atoms with Crippen molar-refractivity contribution in [2.24, 2.45) is 0 Å². The van der Waals surface area contributed by atoms with E-state index in [0.29, 0.717) is 31.6 Å². The van der Waals surface area contributed by atoms with Crippen molar-refractivity contribution in [1.82, 2.24) is 25.6 Å². The Bertz CT molecular complexity index is 1800. The van der Waals surface area contributed by atoms with Crippen LogP contribution < -0.4 is 16.0 Å². The van der Waals surface area contributed by atoms with Crippen molar-refractivity contribution in [2.75, 3.05) is 25.6 Å². The van der Waals surface area contributed by atoms with Crippen molar-refractivity contribution < 1.29 is 23.5 Å². The Morgan fingerprint density at radius 2 is 1.71 bits per heavy atom. The SMILES string of the molecule is COC(=O)NC(C(=O)Nc1cncc(F)c1CC[C@@H]1CN[C@H](c2nc3cc(C)c(C)cc3[nH]2)CO1)C(c1ccccc1)c1ccccc1. The largest absolute Gasteiger partial charge is 0.453 e. The molecule has 4 N–H and O–H groups in total. The minimum absolute atomic E-state index is 0.0943. The van der Waals surface area contributed by atoms with Gasteiger partial charge in [0.1, 0.15) is 17.7 Å². The Hall–Kier alpha value is -5.13. The number of hydrogen-bond donors (Lipinski definition) is 4. The average Bonchev–Trinajstić information content (AvgIpc) is 3.51. The van der Waals surface area contributed by atoms with Crippen molar-refractivity contribution in [3.63, 3.8) is 0 Å². The molecule has 10 nitrogen and oxygen atoms in total. The molecule has 3 atom stereocenters. The molecule has 6 rings (SSSR count). The molecule has 3 aromatic carbocycles. The molecule has 248 valence electrons. The summed E-state index contributed by atoms with van der Waals surface area (Å²) in [7, 11) is 1.24. The van der Waals surface area contributed by atoms with Gasteiger partial charge in [0.15, 0.2) is 0 Å². The normalized spacial score (nSPS) is 16.9. The summed E-state index contributed by atoms with van der Waals surface area (Å²) in [6.45, 7) is 5.11. The molecule has 0 aliphatic carbocycles. The molecule has 1 saturated heterocycles. The molecule has 1 aliphatic heterocycles. The topological polar surface area (TPSA) is 130 Å². The van der Waals surface area contributed by atoms with E-state index in [0.717, 1.165) is 34.2 Å². The third kappa shape index (κ3) is 7.37. The van der Waals surface area contributed by atoms with Crippen LogP contribution in [0.2, 0.25) is 0 Å². The zero-order valence-electron chi connectivity index (χ0n) is 27.1. The quantitative estimate of drug-likeness (QED) is 0.149. The number of ether oxygens (including phenoxy) is 2. The molecule has 3 heterocycles. The van der Waals surface area contributed by atoms with Gasteiger partial charge in [0.2, 0.25) is 5.91 Å². The Morgan fingerprint density at radius 1 is 1.02 bits per heavy atom. The summed E-state index contributed by atoms with van der Waals surface area (Å²) in [4.78, 5) is 38.7. The summed E-state index contributed by atoms with van der Waals surface area (Å²) in [5.41, 5.74) is 6.45. The minimum Gasteiger partial charge on any atom is -0.453 e. The van der Waals surface area contributed by atoms with E-state index in [-0.39, 0.29) is 17.8 Å². The van der Waals surface area contributed by atoms with Crippen LogP contribution in [0.3, 0.4) is 0 Å². The number of halogens is 1. The Morgan fingerprint density at radius 3 is 2.35 bits per heavy atom. The fourth-order valence-corrected chi connectivity index (χ4v) is 6.16. The van der Waals surface area contributed by atoms with Crippen LogP contribution in [0.15, 0.2) is 85.2 Å². The van der Waals surface area contributed by atoms with Crippen molar-refractivity contribution in [3.05, 3.63) is 125 Å². The number of alkyl carbamates (subject to hydrolysis) is 1. The smallest absolute Gasteiger partial charge is 0.407 e. The number of anilines is 1. The number of nitrogens with one attached hydrogen (secondary N) is 4. The number of hydrogen-bond acceptors (Lipinski definition) is 7. The Kier molecular flexibility index (Phi) is 10.1. The van der Waals surface area contributed by atoms with E-state index in [1.807, 2.05) is 60.7 Å². The van der Waals surface area contributed by atoms with E-state index < -0.39 is 29.8 Å². The zero-order chi connectivity index (χ0) is 33.6. The van der Waals surface area contributed by atoms with Gasteiger partial charge in [-0.15, -0.1) is 0 Å². The number of methoxy groups -OCH3 is 1. The molecule has 2 aromatic heterocycles. The van der Waals surface area contributed by atoms with Crippen molar-refractivity contribution >= 4 is 28.7 Å². The van der Waals surface area contributed by atoms with Crippen molar-refractivity contribution in [1.29, 1.82) is 0 Å². The lowest BCUT2D eigenvalue weighted by atomic mass is 9.84. The second-order valence-electron chi connectivity index (χ2n) is 12.1. The molecule has 2 amide bonds. The highest BCUT2D eigenvalue weighted by Gasteiger charge is 2.34. The van der Waals surface area contributed by atoms with Crippen LogP contribution in [-0.4, -0.2) is 59.4 Å². The predicted molar refractivity (Wildman–Crippen MR) is 181 cm³/mol. The summed E-state index contributed by atoms with van der Waals surface area (Å²) in [6.07, 6.45) is 2.40. The molecule has 0 saturated carbocycles. The summed E-state index contributed by atoms with van der Waals surface area (Å²) in [5.74, 6) is -0.826. The van der Waals surface area contributed by atoms with E-state index in [9.17, 15) is 9.59 Å². The van der Waals surface area contributed by atoms with Crippen LogP contribution in [0.5, 0.6) is 0 Å². The molecule has 5 aromatic rings. The molecule has 1 aliphatic rings. The van der Waals surface area contributed by atoms with Gasteiger partial charge in [-0.3, -0.25) is 9.78 Å². The Labute approximate surface area is 278 Å².